The first-order valence-electron chi connectivity index (χ1n) is 12.9. The highest BCUT2D eigenvalue weighted by Gasteiger charge is 2.73. The van der Waals surface area contributed by atoms with Crippen LogP contribution < -0.4 is 4.74 Å². The summed E-state index contributed by atoms with van der Waals surface area (Å²) >= 11 is 14.8. The molecule has 2 bridgehead atoms. The number of methoxy groups -OCH3 is 1. The van der Waals surface area contributed by atoms with E-state index in [0.29, 0.717) is 33.6 Å². The predicted molar refractivity (Wildman–Crippen MR) is 147 cm³/mol. The van der Waals surface area contributed by atoms with Crippen LogP contribution in [0.1, 0.15) is 46.5 Å². The number of amides is 2. The summed E-state index contributed by atoms with van der Waals surface area (Å²) in [7, 11) is 1.51. The van der Waals surface area contributed by atoms with Crippen LogP contribution in [-0.4, -0.2) is 47.7 Å². The lowest BCUT2D eigenvalue weighted by Gasteiger charge is -2.54. The van der Waals surface area contributed by atoms with E-state index in [2.05, 4.69) is 0 Å². The second-order valence-electron chi connectivity index (χ2n) is 10.4. The third-order valence-corrected chi connectivity index (χ3v) is 9.67. The highest BCUT2D eigenvalue weighted by atomic mass is 35.5. The molecule has 0 spiro atoms. The van der Waals surface area contributed by atoms with Crippen molar-refractivity contribution in [1.82, 2.24) is 4.90 Å². The Hall–Kier alpha value is -3.68. The highest BCUT2D eigenvalue weighted by molar-refractivity contribution is 6.36. The van der Waals surface area contributed by atoms with Crippen LogP contribution in [0.2, 0.25) is 0 Å². The number of ether oxygens (including phenoxy) is 2. The Balaban J connectivity index is 1.32. The van der Waals surface area contributed by atoms with Crippen molar-refractivity contribution in [3.63, 3.8) is 0 Å². The van der Waals surface area contributed by atoms with Crippen LogP contribution in [0.3, 0.4) is 0 Å². The number of carbonyl (C=O) groups excluding carboxylic acids is 4. The van der Waals surface area contributed by atoms with Gasteiger partial charge in [0.2, 0.25) is 17.6 Å². The van der Waals surface area contributed by atoms with Gasteiger partial charge in [0.15, 0.2) is 6.10 Å². The number of halogens is 2. The van der Waals surface area contributed by atoms with Gasteiger partial charge in [-0.1, -0.05) is 48.5 Å². The molecule has 3 aromatic carbocycles. The van der Waals surface area contributed by atoms with Crippen molar-refractivity contribution in [2.75, 3.05) is 7.11 Å². The van der Waals surface area contributed by atoms with Crippen molar-refractivity contribution in [3.05, 3.63) is 101 Å². The van der Waals surface area contributed by atoms with Gasteiger partial charge in [0, 0.05) is 5.56 Å². The second-order valence-corrected chi connectivity index (χ2v) is 11.6. The number of imide groups is 1. The molecule has 4 atom stereocenters. The summed E-state index contributed by atoms with van der Waals surface area (Å²) in [5, 5.41) is 0. The van der Waals surface area contributed by atoms with E-state index < -0.39 is 57.3 Å². The summed E-state index contributed by atoms with van der Waals surface area (Å²) in [6.07, 6.45) is -1.15. The van der Waals surface area contributed by atoms with Crippen molar-refractivity contribution in [2.24, 2.45) is 11.8 Å². The maximum Gasteiger partial charge on any atom is 0.329 e. The van der Waals surface area contributed by atoms with E-state index in [-0.39, 0.29) is 0 Å². The number of esters is 1. The standard InChI is InChI=1S/C31H25Cl2NO6/c1-16(29(38)40-17(2)26(35)18-12-14-19(39-3)15-13-18)34-27(36)24-25(28(34)37)31(33)21-9-5-4-8-20(21)30(24,32)22-10-6-7-11-23(22)31/h4-17,24-25H,1-3H3/t16-,17-,24-,25+,30?,31?/m0/s1. The zero-order valence-electron chi connectivity index (χ0n) is 21.9. The fraction of sp³-hybridized carbons (Fsp3) is 0.290. The Morgan fingerprint density at radius 1 is 0.775 bits per heavy atom. The molecule has 1 saturated heterocycles. The van der Waals surface area contributed by atoms with E-state index in [9.17, 15) is 19.2 Å². The summed E-state index contributed by atoms with van der Waals surface area (Å²) in [5.74, 6) is -4.00. The van der Waals surface area contributed by atoms with E-state index in [4.69, 9.17) is 32.7 Å². The number of alkyl halides is 2. The average molecular weight is 578 g/mol. The van der Waals surface area contributed by atoms with Gasteiger partial charge in [-0.2, -0.15) is 0 Å². The number of nitrogens with zero attached hydrogens (tertiary/aromatic N) is 1. The molecule has 0 radical (unpaired) electrons. The van der Waals surface area contributed by atoms with Gasteiger partial charge >= 0.3 is 5.97 Å². The smallest absolute Gasteiger partial charge is 0.329 e. The van der Waals surface area contributed by atoms with Crippen LogP contribution in [0, 0.1) is 11.8 Å². The summed E-state index contributed by atoms with van der Waals surface area (Å²) in [4.78, 5) is 52.4. The number of hydrogen-bond acceptors (Lipinski definition) is 6. The van der Waals surface area contributed by atoms with Crippen molar-refractivity contribution in [2.45, 2.75) is 35.7 Å². The molecule has 2 amide bonds. The number of benzene rings is 3. The number of ketones is 1. The van der Waals surface area contributed by atoms with Crippen LogP contribution in [0.4, 0.5) is 0 Å². The van der Waals surface area contributed by atoms with Gasteiger partial charge in [-0.05, 0) is 60.4 Å². The molecule has 0 aromatic heterocycles. The second kappa shape index (κ2) is 9.18. The van der Waals surface area contributed by atoms with E-state index >= 15 is 0 Å². The van der Waals surface area contributed by atoms with Gasteiger partial charge in [-0.25, -0.2) is 4.79 Å². The Morgan fingerprint density at radius 3 is 1.60 bits per heavy atom. The van der Waals surface area contributed by atoms with Crippen molar-refractivity contribution < 1.29 is 28.7 Å². The van der Waals surface area contributed by atoms with Gasteiger partial charge in [-0.3, -0.25) is 19.3 Å². The zero-order chi connectivity index (χ0) is 28.6. The molecule has 9 heteroatoms. The molecule has 3 aromatic rings. The first-order valence-corrected chi connectivity index (χ1v) is 13.7. The first kappa shape index (κ1) is 26.5. The average Bonchev–Trinajstić information content (AvgIpc) is 3.25. The van der Waals surface area contributed by atoms with E-state index in [1.807, 2.05) is 48.5 Å². The monoisotopic (exact) mass is 577 g/mol. The molecule has 204 valence electrons. The van der Waals surface area contributed by atoms with Crippen LogP contribution >= 0.6 is 23.2 Å². The topological polar surface area (TPSA) is 90.0 Å². The van der Waals surface area contributed by atoms with E-state index in [1.54, 1.807) is 24.3 Å². The molecule has 7 nitrogen and oxygen atoms in total. The molecule has 3 aliphatic carbocycles. The third kappa shape index (κ3) is 3.37. The van der Waals surface area contributed by atoms with Gasteiger partial charge in [0.05, 0.1) is 18.9 Å². The molecule has 1 aliphatic heterocycles. The third-order valence-electron chi connectivity index (χ3n) is 8.38. The minimum Gasteiger partial charge on any atom is -0.497 e. The van der Waals surface area contributed by atoms with Gasteiger partial charge < -0.3 is 9.47 Å². The molecule has 40 heavy (non-hydrogen) atoms. The summed E-state index contributed by atoms with van der Waals surface area (Å²) in [6, 6.07) is 19.7. The Kier molecular flexibility index (Phi) is 6.09. The molecular weight excluding hydrogens is 553 g/mol. The predicted octanol–water partition coefficient (Wildman–Crippen LogP) is 4.79. The Bertz CT molecular complexity index is 1460. The molecular formula is C31H25Cl2NO6. The Labute approximate surface area is 241 Å². The summed E-state index contributed by atoms with van der Waals surface area (Å²) in [6.45, 7) is 2.85. The molecule has 0 unspecified atom stereocenters. The van der Waals surface area contributed by atoms with Crippen LogP contribution in [0.25, 0.3) is 0 Å². The Morgan fingerprint density at radius 2 is 1.20 bits per heavy atom. The molecule has 7 rings (SSSR count). The SMILES string of the molecule is COc1ccc(C(=O)[C@H](C)OC(=O)[C@H](C)N2C(=O)[C@@H]3[C@H](C2=O)C2(Cl)c4ccccc4C3(Cl)c3ccccc32)cc1. The number of rotatable bonds is 6. The lowest BCUT2D eigenvalue weighted by Crippen LogP contribution is -2.57. The number of likely N-dealkylation sites (tertiary alicyclic amines) is 1. The summed E-state index contributed by atoms with van der Waals surface area (Å²) in [5.41, 5.74) is 3.01. The van der Waals surface area contributed by atoms with E-state index in [0.717, 1.165) is 4.90 Å². The maximum atomic E-state index is 14.0. The number of carbonyl (C=O) groups is 4. The van der Waals surface area contributed by atoms with Crippen molar-refractivity contribution >= 4 is 46.8 Å². The van der Waals surface area contributed by atoms with Crippen LogP contribution in [0.15, 0.2) is 72.8 Å². The molecule has 0 saturated carbocycles. The number of Topliss-reactive ketones (excluding diaryl/α,β-unsaturated/α-hetero) is 1. The molecule has 1 fully saturated rings. The normalized spacial score (nSPS) is 27.4. The lowest BCUT2D eigenvalue weighted by atomic mass is 9.54. The quantitative estimate of drug-likeness (QED) is 0.181. The fourth-order valence-corrected chi connectivity index (χ4v) is 7.59. The highest BCUT2D eigenvalue weighted by Crippen LogP contribution is 2.69. The number of hydrogen-bond donors (Lipinski definition) is 0. The van der Waals surface area contributed by atoms with E-state index in [1.165, 1.54) is 21.0 Å². The van der Waals surface area contributed by atoms with Crippen molar-refractivity contribution in [3.8, 4) is 5.75 Å². The van der Waals surface area contributed by atoms with Gasteiger partial charge in [-0.15, -0.1) is 23.2 Å². The van der Waals surface area contributed by atoms with Gasteiger partial charge in [0.1, 0.15) is 21.5 Å². The maximum absolute atomic E-state index is 14.0. The van der Waals surface area contributed by atoms with Crippen molar-refractivity contribution in [1.29, 1.82) is 0 Å². The van der Waals surface area contributed by atoms with Gasteiger partial charge in [0.25, 0.3) is 0 Å². The van der Waals surface area contributed by atoms with Crippen LogP contribution in [0.5, 0.6) is 5.75 Å². The largest absolute Gasteiger partial charge is 0.497 e. The molecule has 1 heterocycles. The summed E-state index contributed by atoms with van der Waals surface area (Å²) < 4.78 is 10.6. The molecule has 4 aliphatic rings. The molecule has 0 N–H and O–H groups in total. The first-order chi connectivity index (χ1) is 19.1. The zero-order valence-corrected chi connectivity index (χ0v) is 23.4. The minimum atomic E-state index is -1.35. The van der Waals surface area contributed by atoms with Crippen LogP contribution in [-0.2, 0) is 28.9 Å². The minimum absolute atomic E-state index is 0.327. The lowest BCUT2D eigenvalue weighted by molar-refractivity contribution is -0.159. The fourth-order valence-electron chi connectivity index (χ4n) is 6.49.